The molecule has 0 spiro atoms. The van der Waals surface area contributed by atoms with Gasteiger partial charge < -0.3 is 24.4 Å². The summed E-state index contributed by atoms with van der Waals surface area (Å²) < 4.78 is 18.3. The van der Waals surface area contributed by atoms with Crippen molar-refractivity contribution in [2.75, 3.05) is 19.8 Å². The molecule has 52 heavy (non-hydrogen) atoms. The molecule has 8 heteroatoms. The molecule has 8 nitrogen and oxygen atoms in total. The number of rotatable bonds is 23. The van der Waals surface area contributed by atoms with Crippen molar-refractivity contribution in [2.45, 2.75) is 112 Å². The number of unbranched alkanes of at least 4 members (excludes halogenated alkanes) is 3. The minimum Gasteiger partial charge on any atom is -0.507 e. The first-order valence-electron chi connectivity index (χ1n) is 19.7. The van der Waals surface area contributed by atoms with E-state index in [0.717, 1.165) is 56.3 Å². The normalized spacial score (nSPS) is 13.0. The van der Waals surface area contributed by atoms with Crippen molar-refractivity contribution < 1.29 is 24.4 Å². The summed E-state index contributed by atoms with van der Waals surface area (Å²) >= 11 is 0. The number of aromatic nitrogens is 3. The van der Waals surface area contributed by atoms with Crippen molar-refractivity contribution in [1.29, 1.82) is 0 Å². The number of aromatic hydroxyl groups is 2. The number of phenolic OH excluding ortho intramolecular Hbond substituents is 2. The number of nitrogens with zero attached hydrogens (tertiary/aromatic N) is 3. The van der Waals surface area contributed by atoms with Gasteiger partial charge in [-0.1, -0.05) is 92.9 Å². The van der Waals surface area contributed by atoms with Gasteiger partial charge in [-0.05, 0) is 85.5 Å². The quantitative estimate of drug-likeness (QED) is 0.0783. The predicted octanol–water partition coefficient (Wildman–Crippen LogP) is 11.7. The van der Waals surface area contributed by atoms with Gasteiger partial charge in [-0.15, -0.1) is 0 Å². The summed E-state index contributed by atoms with van der Waals surface area (Å²) in [4.78, 5) is 14.4. The van der Waals surface area contributed by atoms with E-state index in [9.17, 15) is 10.2 Å². The molecule has 0 fully saturated rings. The van der Waals surface area contributed by atoms with Crippen LogP contribution in [0.4, 0.5) is 0 Å². The molecule has 0 radical (unpaired) electrons. The molecule has 0 aliphatic carbocycles. The first kappa shape index (κ1) is 40.4. The Morgan fingerprint density at radius 3 is 1.38 bits per heavy atom. The Morgan fingerprint density at radius 2 is 0.942 bits per heavy atom. The predicted molar refractivity (Wildman–Crippen MR) is 211 cm³/mol. The molecular weight excluding hydrogens is 651 g/mol. The number of hydrogen-bond acceptors (Lipinski definition) is 8. The topological polar surface area (TPSA) is 107 Å². The highest BCUT2D eigenvalue weighted by Crippen LogP contribution is 2.36. The zero-order valence-electron chi connectivity index (χ0n) is 32.4. The van der Waals surface area contributed by atoms with Gasteiger partial charge in [-0.25, -0.2) is 15.0 Å². The summed E-state index contributed by atoms with van der Waals surface area (Å²) in [5.74, 6) is 4.37. The van der Waals surface area contributed by atoms with E-state index in [0.29, 0.717) is 66.0 Å². The Morgan fingerprint density at radius 1 is 0.519 bits per heavy atom. The van der Waals surface area contributed by atoms with E-state index in [-0.39, 0.29) is 23.1 Å². The molecule has 0 bridgehead atoms. The van der Waals surface area contributed by atoms with Gasteiger partial charge in [-0.3, -0.25) is 0 Å². The molecule has 0 amide bonds. The SMILES string of the molecule is CCCCC(C)COc1ccc(-c2nc(-c3ccc(OCC(CC)CCCC)cc3O)nc(-c3ccc(OCC(CC)CCCC)cc3O)n2)cc1. The van der Waals surface area contributed by atoms with E-state index in [1.807, 2.05) is 36.4 Å². The second-order valence-electron chi connectivity index (χ2n) is 14.2. The summed E-state index contributed by atoms with van der Waals surface area (Å²) in [5.41, 5.74) is 1.63. The van der Waals surface area contributed by atoms with Gasteiger partial charge in [0, 0.05) is 17.7 Å². The number of benzene rings is 3. The molecule has 0 saturated heterocycles. The van der Waals surface area contributed by atoms with Gasteiger partial charge in [0.05, 0.1) is 30.9 Å². The molecular formula is C44H61N3O5. The Hall–Kier alpha value is -4.33. The third kappa shape index (κ3) is 12.1. The van der Waals surface area contributed by atoms with Crippen LogP contribution in [0.15, 0.2) is 60.7 Å². The maximum Gasteiger partial charge on any atom is 0.167 e. The Bertz CT molecular complexity index is 1560. The van der Waals surface area contributed by atoms with Crippen LogP contribution in [-0.2, 0) is 0 Å². The minimum absolute atomic E-state index is 0.00432. The second-order valence-corrected chi connectivity index (χ2v) is 14.2. The molecule has 3 unspecified atom stereocenters. The van der Waals surface area contributed by atoms with Crippen LogP contribution in [0.25, 0.3) is 34.2 Å². The molecule has 2 N–H and O–H groups in total. The van der Waals surface area contributed by atoms with Crippen LogP contribution in [0.1, 0.15) is 112 Å². The summed E-state index contributed by atoms with van der Waals surface area (Å²) in [6.07, 6.45) is 12.5. The van der Waals surface area contributed by atoms with Crippen LogP contribution in [0.5, 0.6) is 28.7 Å². The first-order valence-corrected chi connectivity index (χ1v) is 19.7. The maximum atomic E-state index is 11.2. The molecule has 0 aliphatic heterocycles. The lowest BCUT2D eigenvalue weighted by atomic mass is 10.0. The fourth-order valence-corrected chi connectivity index (χ4v) is 6.13. The van der Waals surface area contributed by atoms with E-state index in [4.69, 9.17) is 29.2 Å². The molecule has 3 atom stereocenters. The first-order chi connectivity index (χ1) is 25.3. The zero-order chi connectivity index (χ0) is 37.3. The molecule has 4 aromatic rings. The van der Waals surface area contributed by atoms with Crippen LogP contribution in [-0.4, -0.2) is 45.0 Å². The lowest BCUT2D eigenvalue weighted by molar-refractivity contribution is 0.232. The third-order valence-corrected chi connectivity index (χ3v) is 9.81. The average molecular weight is 712 g/mol. The zero-order valence-corrected chi connectivity index (χ0v) is 32.4. The van der Waals surface area contributed by atoms with Gasteiger partial charge in [0.15, 0.2) is 17.5 Å². The molecule has 0 saturated carbocycles. The van der Waals surface area contributed by atoms with Crippen molar-refractivity contribution in [3.63, 3.8) is 0 Å². The van der Waals surface area contributed by atoms with Crippen molar-refractivity contribution in [1.82, 2.24) is 15.0 Å². The highest BCUT2D eigenvalue weighted by atomic mass is 16.5. The van der Waals surface area contributed by atoms with Crippen molar-refractivity contribution >= 4 is 0 Å². The molecule has 282 valence electrons. The molecule has 4 rings (SSSR count). The van der Waals surface area contributed by atoms with Crippen LogP contribution in [0.3, 0.4) is 0 Å². The number of ether oxygens (including phenoxy) is 3. The van der Waals surface area contributed by atoms with Gasteiger partial charge in [0.2, 0.25) is 0 Å². The summed E-state index contributed by atoms with van der Waals surface area (Å²) in [7, 11) is 0. The number of hydrogen-bond donors (Lipinski definition) is 2. The van der Waals surface area contributed by atoms with Crippen molar-refractivity contribution in [3.8, 4) is 62.9 Å². The van der Waals surface area contributed by atoms with Crippen LogP contribution < -0.4 is 14.2 Å². The number of phenols is 2. The summed E-state index contributed by atoms with van der Waals surface area (Å²) in [6, 6.07) is 18.2. The fraction of sp³-hybridized carbons (Fsp3) is 0.523. The Kier molecular flexibility index (Phi) is 16.5. The largest absolute Gasteiger partial charge is 0.507 e. The third-order valence-electron chi connectivity index (χ3n) is 9.81. The van der Waals surface area contributed by atoms with Gasteiger partial charge in [0.1, 0.15) is 28.7 Å². The molecule has 1 aromatic heterocycles. The fourth-order valence-electron chi connectivity index (χ4n) is 6.13. The smallest absolute Gasteiger partial charge is 0.167 e. The standard InChI is InChI=1S/C44H61N3O5/c1-7-12-15-31(6)28-50-35-20-18-34(19-21-35)42-45-43(38-24-22-36(26-40(38)48)51-29-32(10-4)16-13-8-2)47-44(46-42)39-25-23-37(27-41(39)49)52-30-33(11-5)17-14-9-3/h18-27,31-33,48-49H,7-17,28-30H2,1-6H3. The summed E-state index contributed by atoms with van der Waals surface area (Å²) in [5, 5.41) is 22.5. The highest BCUT2D eigenvalue weighted by molar-refractivity contribution is 5.73. The Balaban J connectivity index is 1.64. The van der Waals surface area contributed by atoms with E-state index >= 15 is 0 Å². The van der Waals surface area contributed by atoms with E-state index in [1.54, 1.807) is 24.3 Å². The van der Waals surface area contributed by atoms with E-state index in [1.165, 1.54) is 25.7 Å². The maximum absolute atomic E-state index is 11.2. The van der Waals surface area contributed by atoms with Gasteiger partial charge in [-0.2, -0.15) is 0 Å². The van der Waals surface area contributed by atoms with Gasteiger partial charge in [0.25, 0.3) is 0 Å². The Labute approximate surface area is 312 Å². The average Bonchev–Trinajstić information content (AvgIpc) is 3.16. The van der Waals surface area contributed by atoms with Crippen LogP contribution in [0, 0.1) is 17.8 Å². The van der Waals surface area contributed by atoms with Crippen molar-refractivity contribution in [2.24, 2.45) is 17.8 Å². The van der Waals surface area contributed by atoms with Crippen LogP contribution in [0.2, 0.25) is 0 Å². The lowest BCUT2D eigenvalue weighted by Gasteiger charge is -2.17. The molecule has 0 aliphatic rings. The van der Waals surface area contributed by atoms with E-state index in [2.05, 4.69) is 41.5 Å². The van der Waals surface area contributed by atoms with Gasteiger partial charge >= 0.3 is 0 Å². The summed E-state index contributed by atoms with van der Waals surface area (Å²) in [6.45, 7) is 15.0. The van der Waals surface area contributed by atoms with Crippen molar-refractivity contribution in [3.05, 3.63) is 60.7 Å². The highest BCUT2D eigenvalue weighted by Gasteiger charge is 2.19. The monoisotopic (exact) mass is 711 g/mol. The van der Waals surface area contributed by atoms with E-state index < -0.39 is 0 Å². The second kappa shape index (κ2) is 21.3. The van der Waals surface area contributed by atoms with Crippen LogP contribution >= 0.6 is 0 Å². The molecule has 1 heterocycles. The molecule has 3 aromatic carbocycles. The lowest BCUT2D eigenvalue weighted by Crippen LogP contribution is -2.11. The minimum atomic E-state index is 0.00432.